The van der Waals surface area contributed by atoms with Crippen molar-refractivity contribution in [1.29, 1.82) is 0 Å². The molecule has 2 aliphatic heterocycles. The highest BCUT2D eigenvalue weighted by molar-refractivity contribution is 7.89. The van der Waals surface area contributed by atoms with Gasteiger partial charge < -0.3 is 10.0 Å². The second-order valence-corrected chi connectivity index (χ2v) is 14.1. The molecule has 224 valence electrons. The van der Waals surface area contributed by atoms with Crippen molar-refractivity contribution < 1.29 is 18.3 Å². The lowest BCUT2D eigenvalue weighted by Gasteiger charge is -2.36. The van der Waals surface area contributed by atoms with Gasteiger partial charge in [0, 0.05) is 37.8 Å². The SMILES string of the molecule is Cc1ccc([C@@H](CC(=O)O)c2ccc3c(nnn3C3CC3)c2C)cc1CN1C[C@H]2CCCCN2c2ncccc2S1(=O)=O. The minimum absolute atomic E-state index is 0.0568. The van der Waals surface area contributed by atoms with Gasteiger partial charge in [-0.2, -0.15) is 4.31 Å². The Morgan fingerprint density at radius 1 is 1.07 bits per heavy atom. The van der Waals surface area contributed by atoms with Gasteiger partial charge in [0.2, 0.25) is 10.0 Å². The number of carboxylic acids is 1. The van der Waals surface area contributed by atoms with E-state index in [1.54, 1.807) is 22.6 Å². The summed E-state index contributed by atoms with van der Waals surface area (Å²) >= 11 is 0. The topological polar surface area (TPSA) is 122 Å². The number of nitrogens with zero attached hydrogens (tertiary/aromatic N) is 6. The molecular weight excluding hydrogens is 564 g/mol. The number of sulfonamides is 1. The summed E-state index contributed by atoms with van der Waals surface area (Å²) in [5.74, 6) is -0.775. The number of aryl methyl sites for hydroxylation is 2. The van der Waals surface area contributed by atoms with E-state index in [1.165, 1.54) is 0 Å². The Balaban J connectivity index is 1.26. The molecule has 2 fully saturated rings. The van der Waals surface area contributed by atoms with Crippen LogP contribution < -0.4 is 4.90 Å². The van der Waals surface area contributed by atoms with Crippen LogP contribution in [0.15, 0.2) is 53.6 Å². The molecule has 1 saturated heterocycles. The maximum Gasteiger partial charge on any atom is 0.304 e. The van der Waals surface area contributed by atoms with Crippen LogP contribution in [0.4, 0.5) is 5.82 Å². The molecule has 10 nitrogen and oxygen atoms in total. The van der Waals surface area contributed by atoms with Gasteiger partial charge in [-0.05, 0) is 92.0 Å². The van der Waals surface area contributed by atoms with Crippen molar-refractivity contribution in [2.45, 2.75) is 81.8 Å². The van der Waals surface area contributed by atoms with Gasteiger partial charge >= 0.3 is 5.97 Å². The molecule has 4 aromatic rings. The van der Waals surface area contributed by atoms with Crippen molar-refractivity contribution in [2.24, 2.45) is 0 Å². The Hall–Kier alpha value is -3.83. The maximum atomic E-state index is 14.1. The molecular formula is C32H36N6O4S. The van der Waals surface area contributed by atoms with Crippen LogP contribution >= 0.6 is 0 Å². The van der Waals surface area contributed by atoms with Crippen LogP contribution in [0, 0.1) is 13.8 Å². The molecule has 2 atom stereocenters. The lowest BCUT2D eigenvalue weighted by Crippen LogP contribution is -2.45. The van der Waals surface area contributed by atoms with E-state index in [4.69, 9.17) is 0 Å². The van der Waals surface area contributed by atoms with Gasteiger partial charge in [0.15, 0.2) is 0 Å². The molecule has 2 aromatic heterocycles. The molecule has 0 spiro atoms. The van der Waals surface area contributed by atoms with Crippen LogP contribution in [0.25, 0.3) is 11.0 Å². The molecule has 1 aliphatic carbocycles. The van der Waals surface area contributed by atoms with Gasteiger partial charge in [0.05, 0.1) is 18.0 Å². The molecule has 2 aromatic carbocycles. The first-order valence-corrected chi connectivity index (χ1v) is 16.5. The minimum atomic E-state index is -3.81. The van der Waals surface area contributed by atoms with Crippen molar-refractivity contribution in [2.75, 3.05) is 18.0 Å². The molecule has 0 radical (unpaired) electrons. The predicted octanol–water partition coefficient (Wildman–Crippen LogP) is 4.95. The Morgan fingerprint density at radius 3 is 2.70 bits per heavy atom. The van der Waals surface area contributed by atoms with E-state index in [1.807, 2.05) is 48.9 Å². The monoisotopic (exact) mass is 600 g/mol. The van der Waals surface area contributed by atoms with E-state index in [0.29, 0.717) is 18.4 Å². The number of rotatable bonds is 7. The number of carboxylic acid groups (broad SMARTS) is 1. The molecule has 3 aliphatic rings. The number of pyridine rings is 1. The highest BCUT2D eigenvalue weighted by Crippen LogP contribution is 2.40. The van der Waals surface area contributed by atoms with E-state index in [0.717, 1.165) is 77.5 Å². The van der Waals surface area contributed by atoms with E-state index in [2.05, 4.69) is 20.2 Å². The third-order valence-corrected chi connectivity index (χ3v) is 11.2. The van der Waals surface area contributed by atoms with E-state index >= 15 is 0 Å². The third-order valence-electron chi connectivity index (χ3n) is 9.39. The first-order valence-electron chi connectivity index (χ1n) is 15.1. The summed E-state index contributed by atoms with van der Waals surface area (Å²) in [6.45, 7) is 5.34. The van der Waals surface area contributed by atoms with Gasteiger partial charge in [-0.25, -0.2) is 18.1 Å². The van der Waals surface area contributed by atoms with Gasteiger partial charge in [-0.3, -0.25) is 4.79 Å². The summed E-state index contributed by atoms with van der Waals surface area (Å²) in [7, 11) is -3.81. The number of anilines is 1. The molecule has 7 rings (SSSR count). The Bertz CT molecular complexity index is 1830. The highest BCUT2D eigenvalue weighted by atomic mass is 32.2. The van der Waals surface area contributed by atoms with Gasteiger partial charge in [-0.1, -0.05) is 29.5 Å². The van der Waals surface area contributed by atoms with Crippen molar-refractivity contribution in [3.63, 3.8) is 0 Å². The molecule has 1 saturated carbocycles. The minimum Gasteiger partial charge on any atom is -0.481 e. The quantitative estimate of drug-likeness (QED) is 0.316. The molecule has 11 heteroatoms. The number of piperidine rings is 1. The second-order valence-electron chi connectivity index (χ2n) is 12.2. The maximum absolute atomic E-state index is 14.1. The number of hydrogen-bond acceptors (Lipinski definition) is 7. The van der Waals surface area contributed by atoms with Crippen LogP contribution in [0.2, 0.25) is 0 Å². The van der Waals surface area contributed by atoms with Gasteiger partial charge in [0.25, 0.3) is 0 Å². The first-order chi connectivity index (χ1) is 20.7. The number of fused-ring (bicyclic) bond motifs is 4. The molecule has 0 amide bonds. The largest absolute Gasteiger partial charge is 0.481 e. The summed E-state index contributed by atoms with van der Waals surface area (Å²) in [6.07, 6.45) is 6.75. The normalized spacial score (nSPS) is 20.8. The number of carbonyl (C=O) groups is 1. The number of aliphatic carboxylic acids is 1. The molecule has 0 unspecified atom stereocenters. The molecule has 43 heavy (non-hydrogen) atoms. The van der Waals surface area contributed by atoms with Crippen LogP contribution in [-0.2, 0) is 21.4 Å². The van der Waals surface area contributed by atoms with Crippen molar-refractivity contribution >= 4 is 32.8 Å². The average Bonchev–Trinajstić information content (AvgIpc) is 3.76. The van der Waals surface area contributed by atoms with E-state index < -0.39 is 21.9 Å². The summed E-state index contributed by atoms with van der Waals surface area (Å²) < 4.78 is 31.7. The van der Waals surface area contributed by atoms with Crippen LogP contribution in [0.1, 0.15) is 78.3 Å². The predicted molar refractivity (Wildman–Crippen MR) is 163 cm³/mol. The van der Waals surface area contributed by atoms with E-state index in [-0.39, 0.29) is 23.9 Å². The fraction of sp³-hybridized carbons (Fsp3) is 0.438. The van der Waals surface area contributed by atoms with Crippen molar-refractivity contribution in [1.82, 2.24) is 24.3 Å². The Labute approximate surface area is 251 Å². The van der Waals surface area contributed by atoms with Crippen molar-refractivity contribution in [3.05, 3.63) is 76.5 Å². The van der Waals surface area contributed by atoms with E-state index in [9.17, 15) is 18.3 Å². The first kappa shape index (κ1) is 28.0. The highest BCUT2D eigenvalue weighted by Gasteiger charge is 2.39. The summed E-state index contributed by atoms with van der Waals surface area (Å²) in [6, 6.07) is 13.7. The molecule has 4 heterocycles. The van der Waals surface area contributed by atoms with Crippen molar-refractivity contribution in [3.8, 4) is 0 Å². The molecule has 0 bridgehead atoms. The van der Waals surface area contributed by atoms with Crippen LogP contribution in [0.5, 0.6) is 0 Å². The number of benzene rings is 2. The zero-order valence-corrected chi connectivity index (χ0v) is 25.3. The summed E-state index contributed by atoms with van der Waals surface area (Å²) in [4.78, 5) is 19.1. The second kappa shape index (κ2) is 10.7. The van der Waals surface area contributed by atoms with Crippen LogP contribution in [0.3, 0.4) is 0 Å². The smallest absolute Gasteiger partial charge is 0.304 e. The number of aromatic nitrogens is 4. The molecule has 1 N–H and O–H groups in total. The van der Waals surface area contributed by atoms with Gasteiger partial charge in [-0.15, -0.1) is 5.10 Å². The zero-order valence-electron chi connectivity index (χ0n) is 24.5. The lowest BCUT2D eigenvalue weighted by molar-refractivity contribution is -0.137. The fourth-order valence-corrected chi connectivity index (χ4v) is 8.47. The summed E-state index contributed by atoms with van der Waals surface area (Å²) in [5.41, 5.74) is 6.26. The Kier molecular flexibility index (Phi) is 6.97. The summed E-state index contributed by atoms with van der Waals surface area (Å²) in [5, 5.41) is 18.8. The standard InChI is InChI=1S/C32H36N6O4S/c1-20-8-9-22(27(17-30(39)40)26-12-13-28-31(21(26)2)34-35-38(28)24-10-11-24)16-23(20)18-36-19-25-6-3-4-15-37(25)32-29(43(36,41)42)7-5-14-33-32/h5,7-9,12-14,16,24-25,27H,3-4,6,10-11,15,17-19H2,1-2H3,(H,39,40)/t25-,27-/m1/s1. The lowest BCUT2D eigenvalue weighted by atomic mass is 9.84. The fourth-order valence-electron chi connectivity index (χ4n) is 6.86. The third kappa shape index (κ3) is 4.98. The Morgan fingerprint density at radius 2 is 1.91 bits per heavy atom. The average molecular weight is 601 g/mol. The zero-order chi connectivity index (χ0) is 29.9. The van der Waals surface area contributed by atoms with Crippen LogP contribution in [-0.4, -0.2) is 62.9 Å². The van der Waals surface area contributed by atoms with Gasteiger partial charge in [0.1, 0.15) is 16.2 Å². The number of hydrogen-bond donors (Lipinski definition) is 1.